The number of nitrogens with zero attached hydrogens (tertiary/aromatic N) is 2. The molecule has 54 heavy (non-hydrogen) atoms. The average Bonchev–Trinajstić information content (AvgIpc) is 3.23. The Labute approximate surface area is 317 Å². The molecular weight excluding hydrogens is 661 g/mol. The maximum absolute atomic E-state index is 10.4. The van der Waals surface area contributed by atoms with Crippen molar-refractivity contribution >= 4 is 34.1 Å². The van der Waals surface area contributed by atoms with Crippen LogP contribution >= 0.6 is 0 Å². The lowest BCUT2D eigenvalue weighted by Gasteiger charge is -2.35. The maximum Gasteiger partial charge on any atom is 0.115 e. The fourth-order valence-electron chi connectivity index (χ4n) is 7.40. The zero-order valence-corrected chi connectivity index (χ0v) is 30.0. The second-order valence-electron chi connectivity index (χ2n) is 13.5. The van der Waals surface area contributed by atoms with Crippen LogP contribution in [0.25, 0.3) is 11.1 Å². The first-order valence-corrected chi connectivity index (χ1v) is 18.1. The molecule has 0 aliphatic heterocycles. The molecule has 262 valence electrons. The first kappa shape index (κ1) is 34.1. The van der Waals surface area contributed by atoms with Crippen LogP contribution < -0.4 is 9.80 Å². The molecule has 0 spiro atoms. The second-order valence-corrected chi connectivity index (χ2v) is 13.5. The number of phenolic OH excluding ortho intramolecular Hbond substituents is 2. The van der Waals surface area contributed by atoms with Gasteiger partial charge in [0.1, 0.15) is 11.5 Å². The van der Waals surface area contributed by atoms with Gasteiger partial charge in [-0.1, -0.05) is 115 Å². The smallest absolute Gasteiger partial charge is 0.115 e. The largest absolute Gasteiger partial charge is 0.508 e. The van der Waals surface area contributed by atoms with E-state index >= 15 is 0 Å². The van der Waals surface area contributed by atoms with Gasteiger partial charge in [0.25, 0.3) is 0 Å². The predicted molar refractivity (Wildman–Crippen MR) is 223 cm³/mol. The Bertz CT molecular complexity index is 2310. The van der Waals surface area contributed by atoms with Crippen molar-refractivity contribution in [3.63, 3.8) is 0 Å². The number of phenols is 2. The highest BCUT2D eigenvalue weighted by Crippen LogP contribution is 2.47. The standard InChI is InChI=1S/C50H40N2O2/c1-50(38-24-31-46(53)32-25-38,39-26-33-47(54)34-27-39)49-36-45(52(42-18-10-4-11-19-42)43-20-12-5-13-21-43)30-35-48(49)37-22-28-44(29-23-37)51(40-14-6-2-7-15-40)41-16-8-3-9-17-41/h2-36,53-54H,1H3. The number of para-hydroxylation sites is 4. The minimum atomic E-state index is -0.704. The van der Waals surface area contributed by atoms with Crippen molar-refractivity contribution in [3.05, 3.63) is 229 Å². The van der Waals surface area contributed by atoms with E-state index in [1.807, 2.05) is 48.5 Å². The number of rotatable bonds is 10. The number of hydrogen-bond donors (Lipinski definition) is 2. The van der Waals surface area contributed by atoms with E-state index in [1.165, 1.54) is 0 Å². The van der Waals surface area contributed by atoms with Crippen LogP contribution in [0.5, 0.6) is 11.5 Å². The lowest BCUT2D eigenvalue weighted by molar-refractivity contribution is 0.474. The van der Waals surface area contributed by atoms with Crippen molar-refractivity contribution in [2.75, 3.05) is 9.80 Å². The highest BCUT2D eigenvalue weighted by Gasteiger charge is 2.35. The topological polar surface area (TPSA) is 46.9 Å². The predicted octanol–water partition coefficient (Wildman–Crippen LogP) is 13.1. The van der Waals surface area contributed by atoms with Crippen molar-refractivity contribution in [2.45, 2.75) is 12.3 Å². The average molecular weight is 701 g/mol. The molecule has 8 rings (SSSR count). The van der Waals surface area contributed by atoms with E-state index in [9.17, 15) is 10.2 Å². The van der Waals surface area contributed by atoms with Crippen molar-refractivity contribution < 1.29 is 10.2 Å². The molecule has 0 aromatic heterocycles. The molecule has 2 N–H and O–H groups in total. The summed E-state index contributed by atoms with van der Waals surface area (Å²) in [6.07, 6.45) is 0. The molecule has 0 saturated carbocycles. The van der Waals surface area contributed by atoms with Gasteiger partial charge in [-0.25, -0.2) is 0 Å². The summed E-state index contributed by atoms with van der Waals surface area (Å²) in [7, 11) is 0. The number of aromatic hydroxyl groups is 2. The van der Waals surface area contributed by atoms with Gasteiger partial charge in [-0.05, 0) is 132 Å². The molecule has 8 aromatic rings. The van der Waals surface area contributed by atoms with Gasteiger partial charge in [0, 0.05) is 39.5 Å². The van der Waals surface area contributed by atoms with Gasteiger partial charge in [-0.2, -0.15) is 0 Å². The Kier molecular flexibility index (Phi) is 9.40. The van der Waals surface area contributed by atoms with Crippen molar-refractivity contribution in [3.8, 4) is 22.6 Å². The Morgan fingerprint density at radius 2 is 0.685 bits per heavy atom. The molecular formula is C50H40N2O2. The van der Waals surface area contributed by atoms with Gasteiger partial charge in [-0.3, -0.25) is 0 Å². The van der Waals surface area contributed by atoms with Gasteiger partial charge in [0.05, 0.1) is 0 Å². The van der Waals surface area contributed by atoms with Crippen LogP contribution in [0.1, 0.15) is 23.6 Å². The zero-order chi connectivity index (χ0) is 36.9. The molecule has 0 radical (unpaired) electrons. The summed E-state index contributed by atoms with van der Waals surface area (Å²) in [5.74, 6) is 0.411. The number of hydrogen-bond acceptors (Lipinski definition) is 4. The first-order chi connectivity index (χ1) is 26.5. The Balaban J connectivity index is 1.35. The van der Waals surface area contributed by atoms with Crippen molar-refractivity contribution in [2.24, 2.45) is 0 Å². The third-order valence-corrected chi connectivity index (χ3v) is 10.2. The van der Waals surface area contributed by atoms with Gasteiger partial charge in [0.2, 0.25) is 0 Å². The van der Waals surface area contributed by atoms with Gasteiger partial charge >= 0.3 is 0 Å². The summed E-state index contributed by atoms with van der Waals surface area (Å²) >= 11 is 0. The molecule has 0 aliphatic carbocycles. The quantitative estimate of drug-likeness (QED) is 0.139. The lowest BCUT2D eigenvalue weighted by atomic mass is 9.68. The zero-order valence-electron chi connectivity index (χ0n) is 30.0. The number of benzene rings is 8. The van der Waals surface area contributed by atoms with E-state index < -0.39 is 5.41 Å². The molecule has 8 aromatic carbocycles. The normalized spacial score (nSPS) is 11.2. The first-order valence-electron chi connectivity index (χ1n) is 18.1. The summed E-state index contributed by atoms with van der Waals surface area (Å²) < 4.78 is 0. The van der Waals surface area contributed by atoms with E-state index in [0.717, 1.165) is 61.9 Å². The van der Waals surface area contributed by atoms with E-state index in [2.05, 4.69) is 156 Å². The maximum atomic E-state index is 10.4. The van der Waals surface area contributed by atoms with Crippen LogP contribution in [0.15, 0.2) is 212 Å². The molecule has 0 aliphatic rings. The summed E-state index contributed by atoms with van der Waals surface area (Å²) in [5, 5.41) is 20.8. The Hall–Kier alpha value is -7.04. The van der Waals surface area contributed by atoms with Crippen LogP contribution in [0.4, 0.5) is 34.1 Å². The van der Waals surface area contributed by atoms with Crippen LogP contribution in [-0.4, -0.2) is 10.2 Å². The summed E-state index contributed by atoms with van der Waals surface area (Å²) in [4.78, 5) is 4.55. The van der Waals surface area contributed by atoms with Crippen molar-refractivity contribution in [1.29, 1.82) is 0 Å². The molecule has 4 heteroatoms. The molecule has 0 fully saturated rings. The van der Waals surface area contributed by atoms with E-state index in [1.54, 1.807) is 24.3 Å². The third kappa shape index (κ3) is 6.69. The van der Waals surface area contributed by atoms with Crippen LogP contribution in [0, 0.1) is 0 Å². The molecule has 0 amide bonds. The summed E-state index contributed by atoms with van der Waals surface area (Å²) in [5.41, 5.74) is 10.8. The minimum absolute atomic E-state index is 0.206. The van der Waals surface area contributed by atoms with Gasteiger partial charge < -0.3 is 20.0 Å². The highest BCUT2D eigenvalue weighted by molar-refractivity contribution is 5.83. The second kappa shape index (κ2) is 14.9. The molecule has 0 saturated heterocycles. The minimum Gasteiger partial charge on any atom is -0.508 e. The Morgan fingerprint density at radius 1 is 0.352 bits per heavy atom. The number of anilines is 6. The van der Waals surface area contributed by atoms with Gasteiger partial charge in [0.15, 0.2) is 0 Å². The fraction of sp³-hybridized carbons (Fsp3) is 0.0400. The van der Waals surface area contributed by atoms with E-state index in [-0.39, 0.29) is 11.5 Å². The van der Waals surface area contributed by atoms with Gasteiger partial charge in [-0.15, -0.1) is 0 Å². The molecule has 0 unspecified atom stereocenters. The fourth-order valence-corrected chi connectivity index (χ4v) is 7.40. The lowest BCUT2D eigenvalue weighted by Crippen LogP contribution is -2.26. The monoisotopic (exact) mass is 700 g/mol. The van der Waals surface area contributed by atoms with E-state index in [0.29, 0.717) is 0 Å². The Morgan fingerprint density at radius 3 is 1.07 bits per heavy atom. The van der Waals surface area contributed by atoms with Crippen molar-refractivity contribution in [1.82, 2.24) is 0 Å². The molecule has 0 bridgehead atoms. The van der Waals surface area contributed by atoms with Crippen LogP contribution in [-0.2, 0) is 5.41 Å². The summed E-state index contributed by atoms with van der Waals surface area (Å²) in [6, 6.07) is 72.1. The summed E-state index contributed by atoms with van der Waals surface area (Å²) in [6.45, 7) is 2.23. The van der Waals surface area contributed by atoms with Crippen LogP contribution in [0.2, 0.25) is 0 Å². The van der Waals surface area contributed by atoms with Crippen LogP contribution in [0.3, 0.4) is 0 Å². The third-order valence-electron chi connectivity index (χ3n) is 10.2. The SMILES string of the molecule is CC(c1ccc(O)cc1)(c1ccc(O)cc1)c1cc(N(c2ccccc2)c2ccccc2)ccc1-c1ccc(N(c2ccccc2)c2ccccc2)cc1. The molecule has 0 atom stereocenters. The van der Waals surface area contributed by atoms with E-state index in [4.69, 9.17) is 0 Å². The highest BCUT2D eigenvalue weighted by atomic mass is 16.3. The molecule has 0 heterocycles. The molecule has 4 nitrogen and oxygen atoms in total.